The number of rotatable bonds is 4. The average molecular weight is 226 g/mol. The Morgan fingerprint density at radius 3 is 2.06 bits per heavy atom. The first-order chi connectivity index (χ1) is 7.56. The summed E-state index contributed by atoms with van der Waals surface area (Å²) in [6, 6.07) is 1.44. The topological polar surface area (TPSA) is 65.0 Å². The summed E-state index contributed by atoms with van der Waals surface area (Å²) in [5.41, 5.74) is 0.198. The van der Waals surface area contributed by atoms with Crippen LogP contribution in [0.25, 0.3) is 0 Å². The molecule has 1 aromatic carbocycles. The van der Waals surface area contributed by atoms with Crippen molar-refractivity contribution in [2.45, 2.75) is 6.92 Å². The molecule has 0 bridgehead atoms. The third-order valence-corrected chi connectivity index (χ3v) is 2.18. The summed E-state index contributed by atoms with van der Waals surface area (Å²) < 4.78 is 15.0. The zero-order valence-electron chi connectivity index (χ0n) is 9.66. The first-order valence-electron chi connectivity index (χ1n) is 4.59. The second-order valence-corrected chi connectivity index (χ2v) is 3.09. The van der Waals surface area contributed by atoms with Gasteiger partial charge < -0.3 is 19.3 Å². The van der Waals surface area contributed by atoms with Gasteiger partial charge >= 0.3 is 0 Å². The van der Waals surface area contributed by atoms with Gasteiger partial charge in [0.1, 0.15) is 11.3 Å². The van der Waals surface area contributed by atoms with E-state index in [4.69, 9.17) is 14.2 Å². The number of hydrogen-bond acceptors (Lipinski definition) is 5. The van der Waals surface area contributed by atoms with E-state index >= 15 is 0 Å². The van der Waals surface area contributed by atoms with E-state index in [2.05, 4.69) is 0 Å². The van der Waals surface area contributed by atoms with Crippen molar-refractivity contribution < 1.29 is 24.1 Å². The normalized spacial score (nSPS) is 9.75. The summed E-state index contributed by atoms with van der Waals surface area (Å²) in [5, 5.41) is 9.78. The Morgan fingerprint density at radius 1 is 1.12 bits per heavy atom. The van der Waals surface area contributed by atoms with Gasteiger partial charge in [0, 0.05) is 6.07 Å². The Kier molecular flexibility index (Phi) is 3.60. The maximum Gasteiger partial charge on any atom is 0.201 e. The lowest BCUT2D eigenvalue weighted by Crippen LogP contribution is -2.03. The van der Waals surface area contributed by atoms with Crippen molar-refractivity contribution in [3.05, 3.63) is 11.6 Å². The fourth-order valence-corrected chi connectivity index (χ4v) is 1.45. The Labute approximate surface area is 93.6 Å². The van der Waals surface area contributed by atoms with Gasteiger partial charge in [0.05, 0.1) is 21.3 Å². The third kappa shape index (κ3) is 1.88. The van der Waals surface area contributed by atoms with Crippen molar-refractivity contribution in [2.24, 2.45) is 0 Å². The number of aromatic hydroxyl groups is 1. The van der Waals surface area contributed by atoms with Crippen molar-refractivity contribution >= 4 is 5.78 Å². The summed E-state index contributed by atoms with van der Waals surface area (Å²) in [7, 11) is 4.19. The zero-order valence-corrected chi connectivity index (χ0v) is 9.66. The predicted molar refractivity (Wildman–Crippen MR) is 57.8 cm³/mol. The molecular formula is C11H14O5. The molecule has 0 saturated heterocycles. The molecule has 88 valence electrons. The number of ether oxygens (including phenoxy) is 3. The number of methoxy groups -OCH3 is 3. The molecule has 0 spiro atoms. The first kappa shape index (κ1) is 12.2. The molecule has 16 heavy (non-hydrogen) atoms. The van der Waals surface area contributed by atoms with Gasteiger partial charge in [-0.25, -0.2) is 0 Å². The quantitative estimate of drug-likeness (QED) is 0.790. The highest BCUT2D eigenvalue weighted by Gasteiger charge is 2.22. The second kappa shape index (κ2) is 4.74. The molecule has 0 aliphatic rings. The predicted octanol–water partition coefficient (Wildman–Crippen LogP) is 1.62. The van der Waals surface area contributed by atoms with E-state index in [0.717, 1.165) is 0 Å². The summed E-state index contributed by atoms with van der Waals surface area (Å²) in [5.74, 6) is 0.0871. The van der Waals surface area contributed by atoms with Crippen molar-refractivity contribution in [2.75, 3.05) is 21.3 Å². The van der Waals surface area contributed by atoms with Crippen LogP contribution in [0.1, 0.15) is 17.3 Å². The summed E-state index contributed by atoms with van der Waals surface area (Å²) in [6.07, 6.45) is 0. The van der Waals surface area contributed by atoms with Crippen LogP contribution < -0.4 is 14.2 Å². The van der Waals surface area contributed by atoms with Crippen molar-refractivity contribution in [3.8, 4) is 23.0 Å². The van der Waals surface area contributed by atoms with Gasteiger partial charge in [0.25, 0.3) is 0 Å². The van der Waals surface area contributed by atoms with Crippen molar-refractivity contribution in [1.29, 1.82) is 0 Å². The number of Topliss-reactive ketones (excluding diaryl/α,β-unsaturated/α-hetero) is 1. The molecule has 0 saturated carbocycles. The Hall–Kier alpha value is -1.91. The van der Waals surface area contributed by atoms with Gasteiger partial charge in [-0.15, -0.1) is 0 Å². The number of hydrogen-bond donors (Lipinski definition) is 1. The van der Waals surface area contributed by atoms with Gasteiger partial charge in [-0.3, -0.25) is 4.79 Å². The minimum absolute atomic E-state index is 0.0590. The van der Waals surface area contributed by atoms with Crippen molar-refractivity contribution in [3.63, 3.8) is 0 Å². The van der Waals surface area contributed by atoms with Crippen LogP contribution >= 0.6 is 0 Å². The standard InChI is InChI=1S/C11H14O5/c1-6(12)9-7(14-2)5-8(15-3)10(13)11(9)16-4/h5,13H,1-4H3. The number of carbonyl (C=O) groups is 1. The molecule has 0 amide bonds. The molecule has 0 aliphatic carbocycles. The van der Waals surface area contributed by atoms with Gasteiger partial charge in [-0.2, -0.15) is 0 Å². The van der Waals surface area contributed by atoms with Crippen LogP contribution in [-0.4, -0.2) is 32.2 Å². The van der Waals surface area contributed by atoms with E-state index in [1.807, 2.05) is 0 Å². The molecule has 1 N–H and O–H groups in total. The fraction of sp³-hybridized carbons (Fsp3) is 0.364. The van der Waals surface area contributed by atoms with Gasteiger partial charge in [-0.05, 0) is 6.92 Å². The van der Waals surface area contributed by atoms with E-state index in [1.165, 1.54) is 34.3 Å². The highest BCUT2D eigenvalue weighted by molar-refractivity contribution is 6.01. The summed E-state index contributed by atoms with van der Waals surface area (Å²) in [6.45, 7) is 1.37. The van der Waals surface area contributed by atoms with E-state index in [1.54, 1.807) is 0 Å². The lowest BCUT2D eigenvalue weighted by atomic mass is 10.1. The maximum absolute atomic E-state index is 11.4. The second-order valence-electron chi connectivity index (χ2n) is 3.09. The van der Waals surface area contributed by atoms with Crippen LogP contribution in [0.15, 0.2) is 6.07 Å². The lowest BCUT2D eigenvalue weighted by Gasteiger charge is -2.14. The third-order valence-electron chi connectivity index (χ3n) is 2.18. The van der Waals surface area contributed by atoms with Crippen LogP contribution in [0.5, 0.6) is 23.0 Å². The van der Waals surface area contributed by atoms with Gasteiger partial charge in [0.2, 0.25) is 5.75 Å². The minimum Gasteiger partial charge on any atom is -0.502 e. The highest BCUT2D eigenvalue weighted by atomic mass is 16.5. The molecule has 5 nitrogen and oxygen atoms in total. The van der Waals surface area contributed by atoms with Crippen LogP contribution in [0.4, 0.5) is 0 Å². The molecule has 0 atom stereocenters. The van der Waals surface area contributed by atoms with E-state index in [0.29, 0.717) is 5.75 Å². The molecule has 0 heterocycles. The minimum atomic E-state index is -0.258. The molecule has 0 aromatic heterocycles. The first-order valence-corrected chi connectivity index (χ1v) is 4.59. The molecule has 1 aromatic rings. The summed E-state index contributed by atoms with van der Waals surface area (Å²) >= 11 is 0. The molecule has 0 unspecified atom stereocenters. The number of phenolic OH excluding ortho intramolecular Hbond substituents is 1. The van der Waals surface area contributed by atoms with Crippen LogP contribution in [-0.2, 0) is 0 Å². The van der Waals surface area contributed by atoms with E-state index in [-0.39, 0.29) is 28.6 Å². The molecule has 5 heteroatoms. The van der Waals surface area contributed by atoms with Crippen molar-refractivity contribution in [1.82, 2.24) is 0 Å². The molecule has 0 radical (unpaired) electrons. The van der Waals surface area contributed by atoms with Crippen LogP contribution in [0, 0.1) is 0 Å². The highest BCUT2D eigenvalue weighted by Crippen LogP contribution is 2.44. The maximum atomic E-state index is 11.4. The number of benzene rings is 1. The molecule has 0 fully saturated rings. The monoisotopic (exact) mass is 226 g/mol. The van der Waals surface area contributed by atoms with Crippen LogP contribution in [0.3, 0.4) is 0 Å². The average Bonchev–Trinajstić information content (AvgIpc) is 2.27. The Balaban J connectivity index is 3.57. The zero-order chi connectivity index (χ0) is 12.3. The van der Waals surface area contributed by atoms with E-state index < -0.39 is 0 Å². The molecular weight excluding hydrogens is 212 g/mol. The molecule has 0 aliphatic heterocycles. The summed E-state index contributed by atoms with van der Waals surface area (Å²) in [4.78, 5) is 11.4. The van der Waals surface area contributed by atoms with Gasteiger partial charge in [0.15, 0.2) is 17.3 Å². The number of carbonyl (C=O) groups excluding carboxylic acids is 1. The lowest BCUT2D eigenvalue weighted by molar-refractivity contribution is 0.101. The smallest absolute Gasteiger partial charge is 0.201 e. The molecule has 1 rings (SSSR count). The SMILES string of the molecule is COc1cc(OC)c(C(C)=O)c(OC)c1O. The van der Waals surface area contributed by atoms with Crippen LogP contribution in [0.2, 0.25) is 0 Å². The van der Waals surface area contributed by atoms with E-state index in [9.17, 15) is 9.90 Å². The van der Waals surface area contributed by atoms with Gasteiger partial charge in [-0.1, -0.05) is 0 Å². The Morgan fingerprint density at radius 2 is 1.69 bits per heavy atom. The largest absolute Gasteiger partial charge is 0.502 e. The number of phenols is 1. The Bertz CT molecular complexity index is 411. The number of ketones is 1. The fourth-order valence-electron chi connectivity index (χ4n) is 1.45.